The number of pyridine rings is 1. The van der Waals surface area contributed by atoms with Crippen LogP contribution in [0.1, 0.15) is 22.4 Å². The number of nitrogens with zero attached hydrogens (tertiary/aromatic N) is 3. The summed E-state index contributed by atoms with van der Waals surface area (Å²) in [5, 5.41) is 0.700. The van der Waals surface area contributed by atoms with E-state index in [0.29, 0.717) is 23.3 Å². The van der Waals surface area contributed by atoms with Crippen molar-refractivity contribution in [2.24, 2.45) is 0 Å². The molecule has 0 aliphatic rings. The summed E-state index contributed by atoms with van der Waals surface area (Å²) in [5.41, 5.74) is 15.7. The van der Waals surface area contributed by atoms with Crippen LogP contribution in [-0.4, -0.2) is 15.0 Å². The van der Waals surface area contributed by atoms with Gasteiger partial charge in [0.2, 0.25) is 5.95 Å². The monoisotopic (exact) mass is 333 g/mol. The number of aromatic nitrogens is 3. The van der Waals surface area contributed by atoms with E-state index >= 15 is 0 Å². The second-order valence-electron chi connectivity index (χ2n) is 5.27. The Morgan fingerprint density at radius 2 is 1.83 bits per heavy atom. The Kier molecular flexibility index (Phi) is 4.65. The maximum Gasteiger partial charge on any atom is 0.224 e. The Balaban J connectivity index is 0.00000192. The van der Waals surface area contributed by atoms with Gasteiger partial charge in [0.1, 0.15) is 11.6 Å². The minimum Gasteiger partial charge on any atom is -0.383 e. The van der Waals surface area contributed by atoms with Gasteiger partial charge in [0.05, 0.1) is 5.39 Å². The molecule has 3 aromatic rings. The Morgan fingerprint density at radius 3 is 2.52 bits per heavy atom. The summed E-state index contributed by atoms with van der Waals surface area (Å²) in [6, 6.07) is 6.53. The molecule has 0 amide bonds. The third-order valence-electron chi connectivity index (χ3n) is 3.74. The molecule has 0 aliphatic heterocycles. The molecule has 120 valence electrons. The predicted octanol–water partition coefficient (Wildman–Crippen LogP) is 2.96. The number of benzene rings is 1. The van der Waals surface area contributed by atoms with E-state index in [2.05, 4.69) is 15.0 Å². The number of anilines is 2. The van der Waals surface area contributed by atoms with E-state index in [0.717, 1.165) is 22.4 Å². The summed E-state index contributed by atoms with van der Waals surface area (Å²) >= 11 is 0. The summed E-state index contributed by atoms with van der Waals surface area (Å²) in [6.45, 7) is 3.84. The molecule has 7 heteroatoms. The van der Waals surface area contributed by atoms with Gasteiger partial charge < -0.3 is 11.5 Å². The smallest absolute Gasteiger partial charge is 0.224 e. The topological polar surface area (TPSA) is 90.7 Å². The number of halogens is 2. The minimum atomic E-state index is -0.253. The lowest BCUT2D eigenvalue weighted by molar-refractivity contribution is 0.626. The van der Waals surface area contributed by atoms with E-state index in [-0.39, 0.29) is 24.2 Å². The molecule has 0 aliphatic carbocycles. The molecule has 0 spiro atoms. The minimum absolute atomic E-state index is 0. The number of fused-ring (bicyclic) bond motifs is 1. The molecular formula is C16H17ClFN5. The highest BCUT2D eigenvalue weighted by Crippen LogP contribution is 2.27. The standard InChI is InChI=1S/C16H16FN5.ClH/c1-8-12(7-10-4-3-5-11(17)6-10)9(2)20-15-13(8)14(18)21-16(19)22-15;/h3-6H,7H2,1-2H3,(H4,18,19,20,21,22);1H. The van der Waals surface area contributed by atoms with Crippen LogP contribution in [0.25, 0.3) is 11.0 Å². The van der Waals surface area contributed by atoms with Crippen LogP contribution in [0.15, 0.2) is 24.3 Å². The van der Waals surface area contributed by atoms with Crippen molar-refractivity contribution in [3.8, 4) is 0 Å². The number of hydrogen-bond acceptors (Lipinski definition) is 5. The van der Waals surface area contributed by atoms with E-state index < -0.39 is 0 Å². The van der Waals surface area contributed by atoms with Gasteiger partial charge in [-0.05, 0) is 49.1 Å². The molecule has 0 fully saturated rings. The second-order valence-corrected chi connectivity index (χ2v) is 5.27. The molecule has 2 heterocycles. The van der Waals surface area contributed by atoms with Crippen molar-refractivity contribution >= 4 is 35.2 Å². The van der Waals surface area contributed by atoms with Gasteiger partial charge in [0.25, 0.3) is 0 Å². The first kappa shape index (κ1) is 16.9. The van der Waals surface area contributed by atoms with Gasteiger partial charge in [-0.15, -0.1) is 12.4 Å². The number of nitrogen functional groups attached to an aromatic ring is 2. The van der Waals surface area contributed by atoms with E-state index in [1.54, 1.807) is 6.07 Å². The average Bonchev–Trinajstić information content (AvgIpc) is 2.42. The summed E-state index contributed by atoms with van der Waals surface area (Å²) in [4.78, 5) is 12.6. The molecule has 5 nitrogen and oxygen atoms in total. The van der Waals surface area contributed by atoms with Crippen molar-refractivity contribution in [3.63, 3.8) is 0 Å². The van der Waals surface area contributed by atoms with E-state index in [9.17, 15) is 4.39 Å². The lowest BCUT2D eigenvalue weighted by Gasteiger charge is -2.13. The lowest BCUT2D eigenvalue weighted by atomic mass is 9.97. The number of nitrogens with two attached hydrogens (primary N) is 2. The van der Waals surface area contributed by atoms with E-state index in [4.69, 9.17) is 11.5 Å². The van der Waals surface area contributed by atoms with Crippen molar-refractivity contribution in [1.82, 2.24) is 15.0 Å². The molecule has 1 aromatic carbocycles. The van der Waals surface area contributed by atoms with Crippen LogP contribution >= 0.6 is 12.4 Å². The molecule has 0 saturated heterocycles. The fourth-order valence-electron chi connectivity index (χ4n) is 2.68. The Morgan fingerprint density at radius 1 is 1.09 bits per heavy atom. The van der Waals surface area contributed by atoms with E-state index in [1.807, 2.05) is 19.9 Å². The van der Waals surface area contributed by atoms with Crippen molar-refractivity contribution in [1.29, 1.82) is 0 Å². The molecule has 2 aromatic heterocycles. The molecule has 0 bridgehead atoms. The lowest BCUT2D eigenvalue weighted by Crippen LogP contribution is -2.07. The van der Waals surface area contributed by atoms with Crippen LogP contribution in [0.5, 0.6) is 0 Å². The Labute approximate surface area is 139 Å². The summed E-state index contributed by atoms with van der Waals surface area (Å²) in [7, 11) is 0. The SMILES string of the molecule is Cc1nc2nc(N)nc(N)c2c(C)c1Cc1cccc(F)c1.Cl. The highest BCUT2D eigenvalue weighted by Gasteiger charge is 2.14. The zero-order valence-electron chi connectivity index (χ0n) is 12.8. The van der Waals surface area contributed by atoms with E-state index in [1.165, 1.54) is 12.1 Å². The maximum atomic E-state index is 13.4. The molecule has 0 radical (unpaired) electrons. The van der Waals surface area contributed by atoms with Gasteiger partial charge in [0, 0.05) is 5.69 Å². The first-order valence-electron chi connectivity index (χ1n) is 6.89. The fourth-order valence-corrected chi connectivity index (χ4v) is 2.68. The number of rotatable bonds is 2. The first-order chi connectivity index (χ1) is 10.5. The van der Waals surface area contributed by atoms with Gasteiger partial charge in [-0.1, -0.05) is 12.1 Å². The molecule has 23 heavy (non-hydrogen) atoms. The zero-order chi connectivity index (χ0) is 15.9. The third kappa shape index (κ3) is 3.17. The largest absolute Gasteiger partial charge is 0.383 e. The number of hydrogen-bond donors (Lipinski definition) is 2. The van der Waals surface area contributed by atoms with Crippen LogP contribution in [0, 0.1) is 19.7 Å². The maximum absolute atomic E-state index is 13.4. The second kappa shape index (κ2) is 6.34. The van der Waals surface area contributed by atoms with Gasteiger partial charge >= 0.3 is 0 Å². The van der Waals surface area contributed by atoms with Crippen LogP contribution in [0.4, 0.5) is 16.2 Å². The highest BCUT2D eigenvalue weighted by molar-refractivity contribution is 5.90. The van der Waals surface area contributed by atoms with Crippen LogP contribution < -0.4 is 11.5 Å². The summed E-state index contributed by atoms with van der Waals surface area (Å²) in [6.07, 6.45) is 0.572. The first-order valence-corrected chi connectivity index (χ1v) is 6.89. The number of aryl methyl sites for hydroxylation is 2. The van der Waals surface area contributed by atoms with Crippen molar-refractivity contribution in [2.75, 3.05) is 11.5 Å². The predicted molar refractivity (Wildman–Crippen MR) is 92.1 cm³/mol. The quantitative estimate of drug-likeness (QED) is 0.752. The summed E-state index contributed by atoms with van der Waals surface area (Å²) in [5.74, 6) is 0.166. The molecule has 3 rings (SSSR count). The van der Waals surface area contributed by atoms with Gasteiger partial charge in [-0.2, -0.15) is 9.97 Å². The third-order valence-corrected chi connectivity index (χ3v) is 3.74. The molecular weight excluding hydrogens is 317 g/mol. The highest BCUT2D eigenvalue weighted by atomic mass is 35.5. The van der Waals surface area contributed by atoms with Gasteiger partial charge in [-0.25, -0.2) is 9.37 Å². The zero-order valence-corrected chi connectivity index (χ0v) is 13.6. The molecule has 0 saturated carbocycles. The average molecular weight is 334 g/mol. The fraction of sp³-hybridized carbons (Fsp3) is 0.188. The van der Waals surface area contributed by atoms with Crippen LogP contribution in [0.2, 0.25) is 0 Å². The van der Waals surface area contributed by atoms with Gasteiger partial charge in [-0.3, -0.25) is 0 Å². The normalized spacial score (nSPS) is 10.6. The van der Waals surface area contributed by atoms with Crippen molar-refractivity contribution in [2.45, 2.75) is 20.3 Å². The van der Waals surface area contributed by atoms with Crippen molar-refractivity contribution in [3.05, 3.63) is 52.5 Å². The van der Waals surface area contributed by atoms with Gasteiger partial charge in [0.15, 0.2) is 5.65 Å². The van der Waals surface area contributed by atoms with Crippen LogP contribution in [0.3, 0.4) is 0 Å². The summed E-state index contributed by atoms with van der Waals surface area (Å²) < 4.78 is 13.4. The molecule has 0 unspecified atom stereocenters. The van der Waals surface area contributed by atoms with Crippen molar-refractivity contribution < 1.29 is 4.39 Å². The molecule has 0 atom stereocenters. The molecule has 4 N–H and O–H groups in total. The van der Waals surface area contributed by atoms with Crippen LogP contribution in [-0.2, 0) is 6.42 Å². The Bertz CT molecular complexity index is 882. The Hall–Kier alpha value is -2.47.